The summed E-state index contributed by atoms with van der Waals surface area (Å²) in [6.45, 7) is 0. The summed E-state index contributed by atoms with van der Waals surface area (Å²) < 4.78 is 0. The maximum atomic E-state index is 10.2. The predicted octanol–water partition coefficient (Wildman–Crippen LogP) is 2.72. The van der Waals surface area contributed by atoms with Gasteiger partial charge in [0.15, 0.2) is 0 Å². The minimum atomic E-state index is 0.336. The zero-order chi connectivity index (χ0) is 9.97. The van der Waals surface area contributed by atoms with Crippen LogP contribution in [0.4, 0.5) is 5.69 Å². The maximum Gasteiger partial charge on any atom is 0.101 e. The predicted molar refractivity (Wildman–Crippen MR) is 54.0 cm³/mol. The van der Waals surface area contributed by atoms with E-state index in [1.165, 1.54) is 0 Å². The number of benzene rings is 2. The van der Waals surface area contributed by atoms with Crippen LogP contribution in [0.15, 0.2) is 47.8 Å². The summed E-state index contributed by atoms with van der Waals surface area (Å²) in [6, 6.07) is 12.7. The van der Waals surface area contributed by atoms with Crippen molar-refractivity contribution < 1.29 is 5.21 Å². The van der Waals surface area contributed by atoms with E-state index in [0.717, 1.165) is 10.8 Å². The van der Waals surface area contributed by atoms with E-state index in [1.807, 2.05) is 30.3 Å². The molecule has 0 spiro atoms. The van der Waals surface area contributed by atoms with Crippen molar-refractivity contribution in [3.05, 3.63) is 47.4 Å². The highest BCUT2D eigenvalue weighted by atomic mass is 16.6. The Morgan fingerprint density at radius 2 is 1.79 bits per heavy atom. The average molecular weight is 188 g/mol. The molecule has 4 heteroatoms. The summed E-state index contributed by atoms with van der Waals surface area (Å²) in [5, 5.41) is 13.7. The second-order valence-electron chi connectivity index (χ2n) is 2.87. The van der Waals surface area contributed by atoms with Crippen LogP contribution >= 0.6 is 0 Å². The number of hydrogen-bond acceptors (Lipinski definition) is 3. The average Bonchev–Trinajstić information content (AvgIpc) is 2.27. The van der Waals surface area contributed by atoms with Gasteiger partial charge in [-0.25, -0.2) is 0 Å². The molecule has 0 saturated heterocycles. The monoisotopic (exact) mass is 188 g/mol. The molecule has 14 heavy (non-hydrogen) atoms. The van der Waals surface area contributed by atoms with Gasteiger partial charge in [0, 0.05) is 5.39 Å². The quantitative estimate of drug-likeness (QED) is 0.582. The Balaban J connectivity index is 2.70. The van der Waals surface area contributed by atoms with Crippen LogP contribution < -0.4 is 5.17 Å². The molecule has 0 atom stereocenters. The molecule has 0 saturated carbocycles. The van der Waals surface area contributed by atoms with E-state index >= 15 is 0 Å². The highest BCUT2D eigenvalue weighted by Crippen LogP contribution is 2.25. The summed E-state index contributed by atoms with van der Waals surface area (Å²) >= 11 is 0. The van der Waals surface area contributed by atoms with Crippen molar-refractivity contribution in [2.24, 2.45) is 5.29 Å². The summed E-state index contributed by atoms with van der Waals surface area (Å²) in [4.78, 5) is 10.2. The molecule has 0 amide bonds. The third-order valence-corrected chi connectivity index (χ3v) is 2.06. The highest BCUT2D eigenvalue weighted by Gasteiger charge is 2.06. The lowest BCUT2D eigenvalue weighted by molar-refractivity contribution is 0.259. The Morgan fingerprint density at radius 1 is 1.07 bits per heavy atom. The number of hydrogen-bond donors (Lipinski definition) is 1. The molecule has 2 aromatic rings. The molecule has 0 aliphatic rings. The van der Waals surface area contributed by atoms with Gasteiger partial charge >= 0.3 is 0 Å². The minimum absolute atomic E-state index is 0.336. The first-order valence-corrected chi connectivity index (χ1v) is 4.13. The van der Waals surface area contributed by atoms with E-state index in [4.69, 9.17) is 0 Å². The van der Waals surface area contributed by atoms with Crippen molar-refractivity contribution >= 4 is 16.5 Å². The molecule has 0 radical (unpaired) electrons. The molecule has 2 aromatic carbocycles. The van der Waals surface area contributed by atoms with Gasteiger partial charge in [0.25, 0.3) is 0 Å². The fourth-order valence-corrected chi connectivity index (χ4v) is 1.43. The van der Waals surface area contributed by atoms with Gasteiger partial charge in [-0.15, -0.1) is 10.1 Å². The number of nitroso groups, excluding NO2 is 1. The van der Waals surface area contributed by atoms with Crippen LogP contribution in [-0.2, 0) is 0 Å². The van der Waals surface area contributed by atoms with Gasteiger partial charge in [0.05, 0.1) is 5.29 Å². The lowest BCUT2D eigenvalue weighted by Crippen LogP contribution is -2.07. The summed E-state index contributed by atoms with van der Waals surface area (Å²) in [7, 11) is 0. The zero-order valence-corrected chi connectivity index (χ0v) is 7.29. The van der Waals surface area contributed by atoms with Crippen molar-refractivity contribution in [3.8, 4) is 0 Å². The second kappa shape index (κ2) is 3.43. The molecular weight excluding hydrogens is 180 g/mol. The van der Waals surface area contributed by atoms with E-state index in [2.05, 4.69) is 5.29 Å². The Labute approximate surface area is 80.3 Å². The van der Waals surface area contributed by atoms with E-state index in [0.29, 0.717) is 10.9 Å². The van der Waals surface area contributed by atoms with Crippen LogP contribution in [0.1, 0.15) is 0 Å². The molecule has 0 aromatic heterocycles. The molecule has 0 aliphatic carbocycles. The first-order valence-electron chi connectivity index (χ1n) is 4.13. The largest absolute Gasteiger partial charge is 0.265 e. The van der Waals surface area contributed by atoms with Crippen LogP contribution in [0.2, 0.25) is 0 Å². The van der Waals surface area contributed by atoms with Crippen LogP contribution in [0.5, 0.6) is 0 Å². The SMILES string of the molecule is O=NN(O)c1cccc2ccccc12. The lowest BCUT2D eigenvalue weighted by atomic mass is 10.1. The normalized spacial score (nSPS) is 10.1. The minimum Gasteiger partial charge on any atom is -0.265 e. The molecule has 70 valence electrons. The van der Waals surface area contributed by atoms with Crippen LogP contribution in [-0.4, -0.2) is 5.21 Å². The zero-order valence-electron chi connectivity index (χ0n) is 7.29. The topological polar surface area (TPSA) is 52.9 Å². The molecule has 4 nitrogen and oxygen atoms in total. The van der Waals surface area contributed by atoms with E-state index in [9.17, 15) is 10.1 Å². The van der Waals surface area contributed by atoms with Crippen LogP contribution in [0.3, 0.4) is 0 Å². The van der Waals surface area contributed by atoms with Gasteiger partial charge in [-0.05, 0) is 11.5 Å². The maximum absolute atomic E-state index is 10.2. The highest BCUT2D eigenvalue weighted by molar-refractivity contribution is 5.93. The van der Waals surface area contributed by atoms with Gasteiger partial charge in [0.1, 0.15) is 5.69 Å². The third kappa shape index (κ3) is 1.31. The molecule has 0 unspecified atom stereocenters. The number of nitrogens with zero attached hydrogens (tertiary/aromatic N) is 2. The fraction of sp³-hybridized carbons (Fsp3) is 0. The lowest BCUT2D eigenvalue weighted by Gasteiger charge is -2.09. The number of fused-ring (bicyclic) bond motifs is 1. The van der Waals surface area contributed by atoms with Gasteiger partial charge in [-0.1, -0.05) is 36.4 Å². The Hall–Kier alpha value is -1.94. The standard InChI is InChI=1S/C10H8N2O2/c13-11-12(14)10-7-3-5-8-4-1-2-6-9(8)10/h1-7,14H. The summed E-state index contributed by atoms with van der Waals surface area (Å²) in [5.41, 5.74) is 0.387. The molecular formula is C10H8N2O2. The Morgan fingerprint density at radius 3 is 2.57 bits per heavy atom. The summed E-state index contributed by atoms with van der Waals surface area (Å²) in [5.74, 6) is 0. The smallest absolute Gasteiger partial charge is 0.101 e. The van der Waals surface area contributed by atoms with Gasteiger partial charge < -0.3 is 0 Å². The first-order chi connectivity index (χ1) is 6.83. The van der Waals surface area contributed by atoms with Crippen LogP contribution in [0.25, 0.3) is 10.8 Å². The summed E-state index contributed by atoms with van der Waals surface area (Å²) in [6.07, 6.45) is 0. The third-order valence-electron chi connectivity index (χ3n) is 2.06. The van der Waals surface area contributed by atoms with Gasteiger partial charge in [0.2, 0.25) is 0 Å². The van der Waals surface area contributed by atoms with Gasteiger partial charge in [-0.3, -0.25) is 5.21 Å². The Bertz CT molecular complexity index is 465. The molecule has 2 rings (SSSR count). The number of anilines is 1. The van der Waals surface area contributed by atoms with Gasteiger partial charge in [-0.2, -0.15) is 0 Å². The van der Waals surface area contributed by atoms with Crippen molar-refractivity contribution in [2.75, 3.05) is 5.17 Å². The Kier molecular flexibility index (Phi) is 2.12. The molecule has 0 aliphatic heterocycles. The molecule has 0 heterocycles. The molecule has 0 bridgehead atoms. The number of rotatable bonds is 2. The second-order valence-corrected chi connectivity index (χ2v) is 2.87. The van der Waals surface area contributed by atoms with Crippen LogP contribution in [0, 0.1) is 4.91 Å². The fourth-order valence-electron chi connectivity index (χ4n) is 1.43. The van der Waals surface area contributed by atoms with E-state index in [-0.39, 0.29) is 0 Å². The van der Waals surface area contributed by atoms with Crippen molar-refractivity contribution in [1.82, 2.24) is 0 Å². The molecule has 0 fully saturated rings. The van der Waals surface area contributed by atoms with Crippen molar-refractivity contribution in [1.29, 1.82) is 0 Å². The first kappa shape index (κ1) is 8.65. The van der Waals surface area contributed by atoms with E-state index in [1.54, 1.807) is 12.1 Å². The molecule has 1 N–H and O–H groups in total. The van der Waals surface area contributed by atoms with E-state index < -0.39 is 0 Å². The van der Waals surface area contributed by atoms with Crippen molar-refractivity contribution in [2.45, 2.75) is 0 Å². The van der Waals surface area contributed by atoms with Crippen molar-refractivity contribution in [3.63, 3.8) is 0 Å².